The molecule has 1 aromatic carbocycles. The molecule has 1 aromatic rings. The van der Waals surface area contributed by atoms with Crippen molar-refractivity contribution < 1.29 is 32.3 Å². The van der Waals surface area contributed by atoms with Gasteiger partial charge in [-0.05, 0) is 12.1 Å². The van der Waals surface area contributed by atoms with E-state index in [9.17, 15) is 22.8 Å². The van der Waals surface area contributed by atoms with Gasteiger partial charge in [0.2, 0.25) is 21.8 Å². The molecular weight excluding hydrogens is 434 g/mol. The van der Waals surface area contributed by atoms with Gasteiger partial charge in [-0.2, -0.15) is 4.31 Å². The lowest BCUT2D eigenvalue weighted by Gasteiger charge is -2.34. The molecule has 0 radical (unpaired) electrons. The molecule has 2 saturated heterocycles. The Morgan fingerprint density at radius 3 is 2.47 bits per heavy atom. The van der Waals surface area contributed by atoms with Gasteiger partial charge in [-0.1, -0.05) is 11.8 Å². The number of carbonyl (C=O) groups excluding carboxylic acids is 3. The summed E-state index contributed by atoms with van der Waals surface area (Å²) >= 11 is 0.805. The molecule has 4 rings (SSSR count). The van der Waals surface area contributed by atoms with Crippen molar-refractivity contribution >= 4 is 38.8 Å². The normalized spacial score (nSPS) is 22.5. The van der Waals surface area contributed by atoms with Crippen molar-refractivity contribution in [2.24, 2.45) is 0 Å². The molecule has 162 valence electrons. The van der Waals surface area contributed by atoms with Crippen LogP contribution in [0, 0.1) is 0 Å². The van der Waals surface area contributed by atoms with Crippen molar-refractivity contribution in [2.45, 2.75) is 23.0 Å². The summed E-state index contributed by atoms with van der Waals surface area (Å²) in [5.74, 6) is 0.192. The van der Waals surface area contributed by atoms with E-state index in [1.54, 1.807) is 6.07 Å². The van der Waals surface area contributed by atoms with Crippen molar-refractivity contribution in [1.82, 2.24) is 14.5 Å². The molecule has 0 spiro atoms. The molecule has 0 aromatic heterocycles. The average molecular weight is 456 g/mol. The molecule has 3 heterocycles. The van der Waals surface area contributed by atoms with Gasteiger partial charge in [0.25, 0.3) is 5.24 Å². The van der Waals surface area contributed by atoms with Crippen LogP contribution >= 0.6 is 11.8 Å². The summed E-state index contributed by atoms with van der Waals surface area (Å²) in [6, 6.07) is 4.56. The van der Waals surface area contributed by atoms with Crippen molar-refractivity contribution in [2.75, 3.05) is 39.4 Å². The highest BCUT2D eigenvalue weighted by molar-refractivity contribution is 8.15. The number of benzene rings is 1. The summed E-state index contributed by atoms with van der Waals surface area (Å²) in [6.45, 7) is 1.70. The van der Waals surface area contributed by atoms with Crippen LogP contribution in [0.1, 0.15) is 12.8 Å². The minimum atomic E-state index is -3.75. The molecular formula is C18H21N3O7S2. The SMILES string of the molecule is O=C1NC(=O)C(CC(=O)N2CCN(S(=O)(=O)c3ccc4c(c3)OCCCO4)CC2)S1. The summed E-state index contributed by atoms with van der Waals surface area (Å²) in [5.41, 5.74) is 0. The van der Waals surface area contributed by atoms with Crippen molar-refractivity contribution in [1.29, 1.82) is 0 Å². The second-order valence-electron chi connectivity index (χ2n) is 7.03. The molecule has 0 bridgehead atoms. The van der Waals surface area contributed by atoms with Crippen LogP contribution in [0.15, 0.2) is 23.1 Å². The van der Waals surface area contributed by atoms with Gasteiger partial charge in [-0.25, -0.2) is 8.42 Å². The first kappa shape index (κ1) is 20.9. The number of imide groups is 1. The summed E-state index contributed by atoms with van der Waals surface area (Å²) < 4.78 is 38.5. The van der Waals surface area contributed by atoms with Crippen LogP contribution in [0.3, 0.4) is 0 Å². The van der Waals surface area contributed by atoms with E-state index in [1.165, 1.54) is 21.3 Å². The zero-order valence-corrected chi connectivity index (χ0v) is 17.7. The fraction of sp³-hybridized carbons (Fsp3) is 0.500. The van der Waals surface area contributed by atoms with Crippen molar-refractivity contribution in [3.63, 3.8) is 0 Å². The number of fused-ring (bicyclic) bond motifs is 1. The number of nitrogens with one attached hydrogen (secondary N) is 1. The number of nitrogens with zero attached hydrogens (tertiary/aromatic N) is 2. The second-order valence-corrected chi connectivity index (χ2v) is 10.1. The van der Waals surface area contributed by atoms with Gasteiger partial charge in [-0.15, -0.1) is 0 Å². The first-order valence-corrected chi connectivity index (χ1v) is 11.9. The molecule has 2 fully saturated rings. The lowest BCUT2D eigenvalue weighted by atomic mass is 10.2. The van der Waals surface area contributed by atoms with Gasteiger partial charge >= 0.3 is 0 Å². The lowest BCUT2D eigenvalue weighted by Crippen LogP contribution is -2.51. The number of ether oxygens (including phenoxy) is 2. The predicted molar refractivity (Wildman–Crippen MR) is 107 cm³/mol. The van der Waals surface area contributed by atoms with Crippen LogP contribution in [-0.2, 0) is 19.6 Å². The van der Waals surface area contributed by atoms with E-state index >= 15 is 0 Å². The van der Waals surface area contributed by atoms with Crippen molar-refractivity contribution in [3.05, 3.63) is 18.2 Å². The molecule has 1 atom stereocenters. The maximum atomic E-state index is 13.0. The molecule has 3 amide bonds. The zero-order chi connectivity index (χ0) is 21.3. The van der Waals surface area contributed by atoms with Gasteiger partial charge in [0.15, 0.2) is 11.5 Å². The fourth-order valence-electron chi connectivity index (χ4n) is 3.45. The molecule has 1 unspecified atom stereocenters. The third-order valence-electron chi connectivity index (χ3n) is 5.08. The Kier molecular flexibility index (Phi) is 5.89. The van der Waals surface area contributed by atoms with Crippen LogP contribution < -0.4 is 14.8 Å². The van der Waals surface area contributed by atoms with Gasteiger partial charge in [-0.3, -0.25) is 19.7 Å². The average Bonchev–Trinajstić information content (AvgIpc) is 2.92. The largest absolute Gasteiger partial charge is 0.490 e. The van der Waals surface area contributed by atoms with E-state index in [4.69, 9.17) is 9.47 Å². The third kappa shape index (κ3) is 4.25. The molecule has 3 aliphatic rings. The molecule has 10 nitrogen and oxygen atoms in total. The van der Waals surface area contributed by atoms with Crippen molar-refractivity contribution in [3.8, 4) is 11.5 Å². The van der Waals surface area contributed by atoms with E-state index in [0.29, 0.717) is 24.7 Å². The minimum absolute atomic E-state index is 0.0862. The third-order valence-corrected chi connectivity index (χ3v) is 7.95. The highest BCUT2D eigenvalue weighted by Gasteiger charge is 2.36. The van der Waals surface area contributed by atoms with Gasteiger partial charge in [0.1, 0.15) is 5.25 Å². The van der Waals surface area contributed by atoms with Gasteiger partial charge in [0.05, 0.1) is 18.1 Å². The minimum Gasteiger partial charge on any atom is -0.490 e. The Morgan fingerprint density at radius 1 is 1.10 bits per heavy atom. The number of hydrogen-bond donors (Lipinski definition) is 1. The number of hydrogen-bond acceptors (Lipinski definition) is 8. The fourth-order valence-corrected chi connectivity index (χ4v) is 5.69. The first-order valence-electron chi connectivity index (χ1n) is 9.53. The second kappa shape index (κ2) is 8.44. The number of piperazine rings is 1. The predicted octanol–water partition coefficient (Wildman–Crippen LogP) is 0.422. The maximum Gasteiger partial charge on any atom is 0.286 e. The highest BCUT2D eigenvalue weighted by atomic mass is 32.2. The Morgan fingerprint density at radius 2 is 1.80 bits per heavy atom. The van der Waals surface area contributed by atoms with Crippen LogP contribution in [-0.4, -0.2) is 79.3 Å². The Labute approximate surface area is 177 Å². The summed E-state index contributed by atoms with van der Waals surface area (Å²) in [5, 5.41) is 0.971. The van der Waals surface area contributed by atoms with Crippen LogP contribution in [0.4, 0.5) is 4.79 Å². The topological polar surface area (TPSA) is 122 Å². The van der Waals surface area contributed by atoms with E-state index in [1.807, 2.05) is 0 Å². The molecule has 0 saturated carbocycles. The quantitative estimate of drug-likeness (QED) is 0.693. The van der Waals surface area contributed by atoms with Gasteiger partial charge < -0.3 is 14.4 Å². The highest BCUT2D eigenvalue weighted by Crippen LogP contribution is 2.33. The Balaban J connectivity index is 1.38. The van der Waals surface area contributed by atoms with E-state index < -0.39 is 26.4 Å². The van der Waals surface area contributed by atoms with E-state index in [-0.39, 0.29) is 43.4 Å². The van der Waals surface area contributed by atoms with Crippen LogP contribution in [0.25, 0.3) is 0 Å². The summed E-state index contributed by atoms with van der Waals surface area (Å²) in [6.07, 6.45) is 0.638. The molecule has 3 aliphatic heterocycles. The van der Waals surface area contributed by atoms with E-state index in [2.05, 4.69) is 5.32 Å². The number of carbonyl (C=O) groups is 3. The van der Waals surface area contributed by atoms with Crippen LogP contribution in [0.2, 0.25) is 0 Å². The monoisotopic (exact) mass is 455 g/mol. The summed E-state index contributed by atoms with van der Waals surface area (Å²) in [4.78, 5) is 37.0. The van der Waals surface area contributed by atoms with Crippen LogP contribution in [0.5, 0.6) is 11.5 Å². The first-order chi connectivity index (χ1) is 14.3. The number of sulfonamides is 1. The zero-order valence-electron chi connectivity index (χ0n) is 16.0. The standard InChI is InChI=1S/C18H21N3O7S2/c22-16(11-15-17(23)19-18(24)29-15)20-4-6-21(7-5-20)30(25,26)12-2-3-13-14(10-12)28-9-1-8-27-13/h2-3,10,15H,1,4-9,11H2,(H,19,23,24). The Bertz CT molecular complexity index is 974. The van der Waals surface area contributed by atoms with Gasteiger partial charge in [0, 0.05) is 45.1 Å². The number of amides is 3. The number of rotatable bonds is 4. The molecule has 12 heteroatoms. The Hall–Kier alpha value is -2.31. The van der Waals surface area contributed by atoms with E-state index in [0.717, 1.165) is 18.2 Å². The number of thioether (sulfide) groups is 1. The summed E-state index contributed by atoms with van der Waals surface area (Å²) in [7, 11) is -3.75. The molecule has 1 N–H and O–H groups in total. The lowest BCUT2D eigenvalue weighted by molar-refractivity contribution is -0.134. The molecule has 0 aliphatic carbocycles. The smallest absolute Gasteiger partial charge is 0.286 e. The maximum absolute atomic E-state index is 13.0. The molecule has 30 heavy (non-hydrogen) atoms.